The summed E-state index contributed by atoms with van der Waals surface area (Å²) < 4.78 is 6.69. The molecule has 1 aromatic heterocycles. The fourth-order valence-electron chi connectivity index (χ4n) is 2.35. The van der Waals surface area contributed by atoms with E-state index in [1.54, 1.807) is 25.1 Å². The van der Waals surface area contributed by atoms with Gasteiger partial charge in [0.15, 0.2) is 0 Å². The van der Waals surface area contributed by atoms with Crippen LogP contribution in [0.3, 0.4) is 0 Å². The second-order valence-electron chi connectivity index (χ2n) is 5.81. The summed E-state index contributed by atoms with van der Waals surface area (Å²) in [4.78, 5) is 37.5. The summed E-state index contributed by atoms with van der Waals surface area (Å²) in [5.74, 6) is 0.0196. The molecule has 0 saturated heterocycles. The first-order valence-corrected chi connectivity index (χ1v) is 8.51. The number of carbonyl (C=O) groups excluding carboxylic acids is 1. The zero-order valence-electron chi connectivity index (χ0n) is 14.1. The van der Waals surface area contributed by atoms with Crippen molar-refractivity contribution in [1.29, 1.82) is 0 Å². The number of hydrogen-bond donors (Lipinski definition) is 0. The summed E-state index contributed by atoms with van der Waals surface area (Å²) in [5.41, 5.74) is -0.849. The third-order valence-corrected chi connectivity index (χ3v) is 4.24. The van der Waals surface area contributed by atoms with E-state index in [1.807, 2.05) is 13.8 Å². The van der Waals surface area contributed by atoms with E-state index < -0.39 is 17.3 Å². The normalized spacial score (nSPS) is 11.0. The molecule has 8 heteroatoms. The van der Waals surface area contributed by atoms with Crippen molar-refractivity contribution in [3.8, 4) is 11.1 Å². The molecule has 0 fully saturated rings. The van der Waals surface area contributed by atoms with E-state index in [1.165, 1.54) is 0 Å². The van der Waals surface area contributed by atoms with Gasteiger partial charge in [-0.1, -0.05) is 49.2 Å². The van der Waals surface area contributed by atoms with E-state index in [-0.39, 0.29) is 34.7 Å². The number of nitrogens with zero attached hydrogens (tertiary/aromatic N) is 2. The average molecular weight is 385 g/mol. The highest BCUT2D eigenvalue weighted by Crippen LogP contribution is 2.31. The Balaban J connectivity index is 2.82. The molecule has 0 amide bonds. The first kappa shape index (κ1) is 19.3. The Morgan fingerprint density at radius 3 is 2.48 bits per heavy atom. The molecule has 0 saturated carbocycles. The Bertz CT molecular complexity index is 916. The second kappa shape index (κ2) is 7.89. The minimum absolute atomic E-state index is 0.0196. The lowest BCUT2D eigenvalue weighted by Crippen LogP contribution is -2.43. The molecule has 6 nitrogen and oxygen atoms in total. The number of hydrogen-bond acceptors (Lipinski definition) is 4. The Labute approximate surface area is 154 Å². The summed E-state index contributed by atoms with van der Waals surface area (Å²) >= 11 is 12.2. The molecule has 0 aliphatic carbocycles. The molecular weight excluding hydrogens is 367 g/mol. The minimum atomic E-state index is -0.857. The van der Waals surface area contributed by atoms with Gasteiger partial charge in [-0.2, -0.15) is 0 Å². The first-order valence-electron chi connectivity index (χ1n) is 7.75. The lowest BCUT2D eigenvalue weighted by atomic mass is 10.1. The third kappa shape index (κ3) is 3.96. The molecule has 25 heavy (non-hydrogen) atoms. The maximum Gasteiger partial charge on any atom is 0.422 e. The predicted octanol–water partition coefficient (Wildman–Crippen LogP) is 3.64. The van der Waals surface area contributed by atoms with Crippen molar-refractivity contribution in [2.75, 3.05) is 6.61 Å². The second-order valence-corrected chi connectivity index (χ2v) is 6.59. The average Bonchev–Trinajstić information content (AvgIpc) is 2.54. The van der Waals surface area contributed by atoms with Crippen molar-refractivity contribution in [1.82, 2.24) is 9.13 Å². The number of benzene rings is 1. The monoisotopic (exact) mass is 384 g/mol. The van der Waals surface area contributed by atoms with Gasteiger partial charge in [0.2, 0.25) is 0 Å². The van der Waals surface area contributed by atoms with Gasteiger partial charge in [0.05, 0.1) is 22.2 Å². The molecule has 2 aromatic rings. The summed E-state index contributed by atoms with van der Waals surface area (Å²) in [6.45, 7) is 5.60. The third-order valence-electron chi connectivity index (χ3n) is 3.42. The van der Waals surface area contributed by atoms with Gasteiger partial charge in [0.25, 0.3) is 5.56 Å². The van der Waals surface area contributed by atoms with E-state index in [0.717, 1.165) is 15.3 Å². The number of aromatic nitrogens is 2. The maximum atomic E-state index is 12.8. The van der Waals surface area contributed by atoms with Gasteiger partial charge in [-0.25, -0.2) is 14.2 Å². The molecule has 0 bridgehead atoms. The highest BCUT2D eigenvalue weighted by Gasteiger charge is 2.20. The van der Waals surface area contributed by atoms with Crippen molar-refractivity contribution in [3.63, 3.8) is 0 Å². The van der Waals surface area contributed by atoms with Crippen molar-refractivity contribution in [2.45, 2.75) is 27.3 Å². The Hall–Kier alpha value is -2.05. The Morgan fingerprint density at radius 1 is 1.20 bits per heavy atom. The highest BCUT2D eigenvalue weighted by atomic mass is 35.5. The number of carbonyl (C=O) groups is 1. The van der Waals surface area contributed by atoms with Crippen LogP contribution in [0.5, 0.6) is 0 Å². The van der Waals surface area contributed by atoms with Gasteiger partial charge >= 0.3 is 11.8 Å². The number of rotatable bonds is 4. The Morgan fingerprint density at radius 2 is 1.88 bits per heavy atom. The van der Waals surface area contributed by atoms with Gasteiger partial charge < -0.3 is 4.74 Å². The molecule has 0 atom stereocenters. The summed E-state index contributed by atoms with van der Waals surface area (Å²) in [7, 11) is 0. The molecule has 0 N–H and O–H groups in total. The van der Waals surface area contributed by atoms with Crippen LogP contribution < -0.4 is 11.2 Å². The summed E-state index contributed by atoms with van der Waals surface area (Å²) in [5, 5.41) is 0.439. The zero-order chi connectivity index (χ0) is 18.7. The first-order chi connectivity index (χ1) is 11.8. The van der Waals surface area contributed by atoms with E-state index in [2.05, 4.69) is 0 Å². The predicted molar refractivity (Wildman–Crippen MR) is 97.7 cm³/mol. The van der Waals surface area contributed by atoms with Crippen LogP contribution in [0.2, 0.25) is 10.0 Å². The van der Waals surface area contributed by atoms with E-state index in [9.17, 15) is 14.4 Å². The molecule has 0 spiro atoms. The molecular formula is C17H18Cl2N2O4. The van der Waals surface area contributed by atoms with Crippen LogP contribution in [0.1, 0.15) is 20.8 Å². The van der Waals surface area contributed by atoms with Gasteiger partial charge in [-0.05, 0) is 18.9 Å². The van der Waals surface area contributed by atoms with Crippen molar-refractivity contribution >= 4 is 29.3 Å². The van der Waals surface area contributed by atoms with E-state index >= 15 is 0 Å². The maximum absolute atomic E-state index is 12.8. The lowest BCUT2D eigenvalue weighted by Gasteiger charge is -2.14. The minimum Gasteiger partial charge on any atom is -0.449 e. The fourth-order valence-corrected chi connectivity index (χ4v) is 2.75. The van der Waals surface area contributed by atoms with Crippen LogP contribution in [0.15, 0.2) is 34.0 Å². The quantitative estimate of drug-likeness (QED) is 0.806. The van der Waals surface area contributed by atoms with E-state index in [0.29, 0.717) is 5.56 Å². The summed E-state index contributed by atoms with van der Waals surface area (Å²) in [6.07, 6.45) is 0.293. The van der Waals surface area contributed by atoms with Crippen LogP contribution in [0, 0.1) is 5.92 Å². The molecule has 1 aromatic carbocycles. The van der Waals surface area contributed by atoms with Crippen molar-refractivity contribution < 1.29 is 9.53 Å². The van der Waals surface area contributed by atoms with Gasteiger partial charge in [0.1, 0.15) is 0 Å². The molecule has 2 rings (SSSR count). The van der Waals surface area contributed by atoms with Crippen molar-refractivity contribution in [3.05, 3.63) is 55.3 Å². The van der Waals surface area contributed by atoms with Gasteiger partial charge in [0, 0.05) is 18.3 Å². The standard InChI is InChI=1S/C17H18Cl2N2O4/c1-4-25-17(24)21-9-12(11-6-5-7-13(18)14(11)19)15(22)20(16(21)23)8-10(2)3/h5-7,9-10H,4,8H2,1-3H3. The summed E-state index contributed by atoms with van der Waals surface area (Å²) in [6, 6.07) is 4.82. The molecule has 0 aliphatic heterocycles. The molecule has 134 valence electrons. The number of ether oxygens (including phenoxy) is 1. The molecule has 0 aliphatic rings. The zero-order valence-corrected chi connectivity index (χ0v) is 15.6. The van der Waals surface area contributed by atoms with E-state index in [4.69, 9.17) is 27.9 Å². The lowest BCUT2D eigenvalue weighted by molar-refractivity contribution is 0.152. The Kier molecular flexibility index (Phi) is 6.08. The SMILES string of the molecule is CCOC(=O)n1cc(-c2cccc(Cl)c2Cl)c(=O)n(CC(C)C)c1=O. The van der Waals surface area contributed by atoms with Crippen LogP contribution >= 0.6 is 23.2 Å². The topological polar surface area (TPSA) is 70.3 Å². The van der Waals surface area contributed by atoms with Gasteiger partial charge in [-0.15, -0.1) is 0 Å². The van der Waals surface area contributed by atoms with Crippen LogP contribution in [0.4, 0.5) is 4.79 Å². The molecule has 0 radical (unpaired) electrons. The van der Waals surface area contributed by atoms with Gasteiger partial charge in [-0.3, -0.25) is 9.36 Å². The largest absolute Gasteiger partial charge is 0.449 e. The van der Waals surface area contributed by atoms with Crippen molar-refractivity contribution in [2.24, 2.45) is 5.92 Å². The fraction of sp³-hybridized carbons (Fsp3) is 0.353. The number of halogens is 2. The smallest absolute Gasteiger partial charge is 0.422 e. The van der Waals surface area contributed by atoms with Crippen LogP contribution in [-0.2, 0) is 11.3 Å². The van der Waals surface area contributed by atoms with Crippen LogP contribution in [0.25, 0.3) is 11.1 Å². The molecule has 1 heterocycles. The van der Waals surface area contributed by atoms with Crippen LogP contribution in [-0.4, -0.2) is 21.8 Å². The molecule has 0 unspecified atom stereocenters. The highest BCUT2D eigenvalue weighted by molar-refractivity contribution is 6.43.